The Morgan fingerprint density at radius 3 is 2.33 bits per heavy atom. The molecule has 1 aromatic rings. The Morgan fingerprint density at radius 2 is 1.76 bits per heavy atom. The van der Waals surface area contributed by atoms with E-state index in [1.807, 2.05) is 0 Å². The summed E-state index contributed by atoms with van der Waals surface area (Å²) in [7, 11) is 0. The number of ether oxygens (including phenoxy) is 1. The predicted octanol–water partition coefficient (Wildman–Crippen LogP) is 3.11. The zero-order chi connectivity index (χ0) is 15.5. The fourth-order valence-electron chi connectivity index (χ4n) is 2.37. The number of nitrogens with one attached hydrogen (secondary N) is 2. The van der Waals surface area contributed by atoms with E-state index < -0.39 is 0 Å². The summed E-state index contributed by atoms with van der Waals surface area (Å²) < 4.78 is 5.42. The van der Waals surface area contributed by atoms with Gasteiger partial charge in [-0.05, 0) is 26.7 Å². The van der Waals surface area contributed by atoms with Crippen LogP contribution in [-0.4, -0.2) is 35.8 Å². The number of hydrogen-bond donors (Lipinski definition) is 2. The molecule has 5 nitrogen and oxygen atoms in total. The summed E-state index contributed by atoms with van der Waals surface area (Å²) in [5.74, 6) is 2.77. The maximum Gasteiger partial charge on any atom is 0.138 e. The minimum absolute atomic E-state index is 0.0655. The molecule has 1 aliphatic rings. The standard InChI is InChI=1S/C16H28N4O/c1-6-17-13-11(2)14(18-12-7-9-21-10-8-12)20-15(19-13)16(3,4)5/h12H,6-10H2,1-5H3,(H2,17,18,19,20). The number of rotatable bonds is 4. The second-order valence-electron chi connectivity index (χ2n) is 6.68. The van der Waals surface area contributed by atoms with Crippen LogP contribution in [0.2, 0.25) is 0 Å². The SMILES string of the molecule is CCNc1nc(C(C)(C)C)nc(NC2CCOCC2)c1C. The van der Waals surface area contributed by atoms with Crippen LogP contribution < -0.4 is 10.6 Å². The van der Waals surface area contributed by atoms with E-state index in [0.29, 0.717) is 6.04 Å². The highest BCUT2D eigenvalue weighted by atomic mass is 16.5. The molecule has 0 radical (unpaired) electrons. The van der Waals surface area contributed by atoms with Crippen LogP contribution in [0.15, 0.2) is 0 Å². The minimum atomic E-state index is -0.0655. The van der Waals surface area contributed by atoms with Crippen molar-refractivity contribution in [3.8, 4) is 0 Å². The van der Waals surface area contributed by atoms with Gasteiger partial charge in [-0.15, -0.1) is 0 Å². The van der Waals surface area contributed by atoms with Gasteiger partial charge < -0.3 is 15.4 Å². The van der Waals surface area contributed by atoms with E-state index in [0.717, 1.165) is 55.6 Å². The molecule has 0 aromatic carbocycles. The molecule has 2 rings (SSSR count). The molecule has 2 N–H and O–H groups in total. The number of hydrogen-bond acceptors (Lipinski definition) is 5. The molecule has 1 fully saturated rings. The lowest BCUT2D eigenvalue weighted by Gasteiger charge is -2.26. The normalized spacial score (nSPS) is 16.8. The summed E-state index contributed by atoms with van der Waals surface area (Å²) in [6, 6.07) is 0.439. The van der Waals surface area contributed by atoms with E-state index in [9.17, 15) is 0 Å². The molecule has 0 saturated carbocycles. The van der Waals surface area contributed by atoms with Gasteiger partial charge in [0.1, 0.15) is 17.5 Å². The predicted molar refractivity (Wildman–Crippen MR) is 87.1 cm³/mol. The molecule has 5 heteroatoms. The highest BCUT2D eigenvalue weighted by Gasteiger charge is 2.22. The molecule has 118 valence electrons. The molecule has 0 unspecified atom stereocenters. The highest BCUT2D eigenvalue weighted by molar-refractivity contribution is 5.58. The van der Waals surface area contributed by atoms with Gasteiger partial charge in [-0.1, -0.05) is 20.8 Å². The van der Waals surface area contributed by atoms with Crippen LogP contribution in [0.4, 0.5) is 11.6 Å². The molecule has 1 aliphatic heterocycles. The van der Waals surface area contributed by atoms with Crippen LogP contribution in [-0.2, 0) is 10.2 Å². The maximum absolute atomic E-state index is 5.42. The average Bonchev–Trinajstić information content (AvgIpc) is 2.43. The first-order valence-corrected chi connectivity index (χ1v) is 7.89. The largest absolute Gasteiger partial charge is 0.381 e. The van der Waals surface area contributed by atoms with Crippen molar-refractivity contribution in [1.29, 1.82) is 0 Å². The Bertz CT molecular complexity index is 476. The molecule has 0 bridgehead atoms. The first kappa shape index (κ1) is 16.0. The zero-order valence-electron chi connectivity index (χ0n) is 13.9. The molecule has 0 aliphatic carbocycles. The smallest absolute Gasteiger partial charge is 0.138 e. The van der Waals surface area contributed by atoms with Gasteiger partial charge in [-0.3, -0.25) is 0 Å². The fourth-order valence-corrected chi connectivity index (χ4v) is 2.37. The van der Waals surface area contributed by atoms with Crippen LogP contribution in [0.5, 0.6) is 0 Å². The molecule has 1 aromatic heterocycles. The third-order valence-corrected chi connectivity index (χ3v) is 3.72. The number of anilines is 2. The summed E-state index contributed by atoms with van der Waals surface area (Å²) >= 11 is 0. The van der Waals surface area contributed by atoms with E-state index in [-0.39, 0.29) is 5.41 Å². The van der Waals surface area contributed by atoms with Crippen molar-refractivity contribution >= 4 is 11.6 Å². The van der Waals surface area contributed by atoms with Gasteiger partial charge in [0.05, 0.1) is 0 Å². The van der Waals surface area contributed by atoms with Crippen molar-refractivity contribution in [3.63, 3.8) is 0 Å². The third-order valence-electron chi connectivity index (χ3n) is 3.72. The average molecular weight is 292 g/mol. The summed E-state index contributed by atoms with van der Waals surface area (Å²) in [5.41, 5.74) is 1.03. The topological polar surface area (TPSA) is 59.1 Å². The second-order valence-corrected chi connectivity index (χ2v) is 6.68. The van der Waals surface area contributed by atoms with Gasteiger partial charge in [-0.25, -0.2) is 9.97 Å². The molecular weight excluding hydrogens is 264 g/mol. The van der Waals surface area contributed by atoms with Gasteiger partial charge >= 0.3 is 0 Å². The number of aromatic nitrogens is 2. The van der Waals surface area contributed by atoms with Crippen LogP contribution in [0.1, 0.15) is 51.9 Å². The lowest BCUT2D eigenvalue weighted by molar-refractivity contribution is 0.0903. The van der Waals surface area contributed by atoms with Gasteiger partial charge in [0.15, 0.2) is 0 Å². The van der Waals surface area contributed by atoms with Crippen LogP contribution in [0.25, 0.3) is 0 Å². The minimum Gasteiger partial charge on any atom is -0.381 e. The first-order chi connectivity index (χ1) is 9.91. The van der Waals surface area contributed by atoms with Crippen LogP contribution in [0.3, 0.4) is 0 Å². The summed E-state index contributed by atoms with van der Waals surface area (Å²) in [4.78, 5) is 9.48. The van der Waals surface area contributed by atoms with Crippen molar-refractivity contribution in [2.24, 2.45) is 0 Å². The van der Waals surface area contributed by atoms with Crippen molar-refractivity contribution in [1.82, 2.24) is 9.97 Å². The first-order valence-electron chi connectivity index (χ1n) is 7.89. The van der Waals surface area contributed by atoms with E-state index in [1.54, 1.807) is 0 Å². The molecular formula is C16H28N4O. The fraction of sp³-hybridized carbons (Fsp3) is 0.750. The van der Waals surface area contributed by atoms with Crippen molar-refractivity contribution in [2.45, 2.75) is 58.9 Å². The van der Waals surface area contributed by atoms with Crippen molar-refractivity contribution in [3.05, 3.63) is 11.4 Å². The lowest BCUT2D eigenvalue weighted by Crippen LogP contribution is -2.29. The monoisotopic (exact) mass is 292 g/mol. The molecule has 1 saturated heterocycles. The lowest BCUT2D eigenvalue weighted by atomic mass is 9.95. The van der Waals surface area contributed by atoms with Crippen LogP contribution in [0, 0.1) is 6.92 Å². The molecule has 0 amide bonds. The van der Waals surface area contributed by atoms with E-state index >= 15 is 0 Å². The number of nitrogens with zero attached hydrogens (tertiary/aromatic N) is 2. The van der Waals surface area contributed by atoms with Crippen LogP contribution >= 0.6 is 0 Å². The van der Waals surface area contributed by atoms with E-state index in [4.69, 9.17) is 14.7 Å². The van der Waals surface area contributed by atoms with E-state index in [1.165, 1.54) is 0 Å². The Kier molecular flexibility index (Phi) is 5.04. The van der Waals surface area contributed by atoms with Gasteiger partial charge in [-0.2, -0.15) is 0 Å². The molecule has 2 heterocycles. The maximum atomic E-state index is 5.42. The Hall–Kier alpha value is -1.36. The van der Waals surface area contributed by atoms with E-state index in [2.05, 4.69) is 45.3 Å². The van der Waals surface area contributed by atoms with Gasteiger partial charge in [0.25, 0.3) is 0 Å². The van der Waals surface area contributed by atoms with Gasteiger partial charge in [0.2, 0.25) is 0 Å². The molecule has 0 atom stereocenters. The Balaban J connectivity index is 2.30. The highest BCUT2D eigenvalue weighted by Crippen LogP contribution is 2.27. The van der Waals surface area contributed by atoms with Gasteiger partial charge in [0, 0.05) is 36.8 Å². The summed E-state index contributed by atoms with van der Waals surface area (Å²) in [6.07, 6.45) is 2.07. The van der Waals surface area contributed by atoms with Crippen molar-refractivity contribution < 1.29 is 4.74 Å². The second kappa shape index (κ2) is 6.60. The molecule has 21 heavy (non-hydrogen) atoms. The summed E-state index contributed by atoms with van der Waals surface area (Å²) in [5, 5.41) is 6.94. The summed E-state index contributed by atoms with van der Waals surface area (Å²) in [6.45, 7) is 13.1. The zero-order valence-corrected chi connectivity index (χ0v) is 13.9. The Labute approximate surface area is 127 Å². The third kappa shape index (κ3) is 4.06. The van der Waals surface area contributed by atoms with Crippen molar-refractivity contribution in [2.75, 3.05) is 30.4 Å². The quantitative estimate of drug-likeness (QED) is 0.893. The Morgan fingerprint density at radius 1 is 1.14 bits per heavy atom. The molecule has 0 spiro atoms.